The Labute approximate surface area is 162 Å². The molecule has 0 unspecified atom stereocenters. The first-order chi connectivity index (χ1) is 12.8. The maximum absolute atomic E-state index is 12.4. The van der Waals surface area contributed by atoms with Crippen molar-refractivity contribution in [2.75, 3.05) is 6.54 Å². The monoisotopic (exact) mass is 385 g/mol. The van der Waals surface area contributed by atoms with E-state index in [1.165, 1.54) is 16.9 Å². The molecule has 1 aliphatic heterocycles. The highest BCUT2D eigenvalue weighted by atomic mass is 32.1. The lowest BCUT2D eigenvalue weighted by atomic mass is 10.0. The van der Waals surface area contributed by atoms with Crippen molar-refractivity contribution in [2.24, 2.45) is 5.92 Å². The lowest BCUT2D eigenvalue weighted by Gasteiger charge is -2.16. The minimum absolute atomic E-state index is 0.0692. The predicted molar refractivity (Wildman–Crippen MR) is 104 cm³/mol. The second-order valence-corrected chi connectivity index (χ2v) is 8.51. The van der Waals surface area contributed by atoms with Crippen LogP contribution in [0.3, 0.4) is 0 Å². The number of benzene rings is 1. The summed E-state index contributed by atoms with van der Waals surface area (Å²) < 4.78 is 0. The molecule has 3 rings (SSSR count). The van der Waals surface area contributed by atoms with Crippen molar-refractivity contribution in [3.63, 3.8) is 0 Å². The normalized spacial score (nSPS) is 15.0. The van der Waals surface area contributed by atoms with E-state index < -0.39 is 17.8 Å². The van der Waals surface area contributed by atoms with Gasteiger partial charge in [0.25, 0.3) is 0 Å². The summed E-state index contributed by atoms with van der Waals surface area (Å²) in [5.41, 5.74) is 2.25. The van der Waals surface area contributed by atoms with E-state index in [-0.39, 0.29) is 19.0 Å². The van der Waals surface area contributed by atoms with Gasteiger partial charge < -0.3 is 0 Å². The van der Waals surface area contributed by atoms with Gasteiger partial charge in [0.1, 0.15) is 5.01 Å². The Morgan fingerprint density at radius 1 is 0.963 bits per heavy atom. The molecule has 142 valence electrons. The molecule has 1 aliphatic rings. The Kier molecular flexibility index (Phi) is 5.41. The topological polar surface area (TPSA) is 70.6 Å². The number of rotatable bonds is 6. The van der Waals surface area contributed by atoms with Gasteiger partial charge in [-0.15, -0.1) is 11.3 Å². The van der Waals surface area contributed by atoms with Crippen molar-refractivity contribution in [1.82, 2.24) is 14.8 Å². The third kappa shape index (κ3) is 3.93. The van der Waals surface area contributed by atoms with E-state index in [0.29, 0.717) is 5.92 Å². The largest absolute Gasteiger partial charge is 0.334 e. The first kappa shape index (κ1) is 19.2. The van der Waals surface area contributed by atoms with Gasteiger partial charge >= 0.3 is 17.8 Å². The molecule has 7 heteroatoms. The number of carbonyl (C=O) groups is 3. The average Bonchev–Trinajstić information content (AvgIpc) is 3.17. The van der Waals surface area contributed by atoms with Crippen LogP contribution >= 0.6 is 11.3 Å². The molecule has 27 heavy (non-hydrogen) atoms. The zero-order chi connectivity index (χ0) is 19.7. The smallest absolute Gasteiger partial charge is 0.263 e. The minimum atomic E-state index is -0.767. The van der Waals surface area contributed by atoms with Gasteiger partial charge in [0, 0.05) is 23.2 Å². The highest BCUT2D eigenvalue weighted by molar-refractivity contribution is 7.15. The number of hydrogen-bond donors (Lipinski definition) is 0. The summed E-state index contributed by atoms with van der Waals surface area (Å²) in [5.74, 6) is -0.946. The van der Waals surface area contributed by atoms with Crippen LogP contribution in [0.25, 0.3) is 10.6 Å². The molecule has 0 saturated carbocycles. The first-order valence-electron chi connectivity index (χ1n) is 9.00. The van der Waals surface area contributed by atoms with Crippen LogP contribution < -0.4 is 0 Å². The Bertz CT molecular complexity index is 871. The molecule has 4 amide bonds. The number of nitrogens with zero attached hydrogens (tertiary/aromatic N) is 3. The van der Waals surface area contributed by atoms with Crippen molar-refractivity contribution in [1.29, 1.82) is 0 Å². The van der Waals surface area contributed by atoms with Crippen molar-refractivity contribution < 1.29 is 14.4 Å². The fourth-order valence-electron chi connectivity index (χ4n) is 2.90. The Morgan fingerprint density at radius 3 is 2.19 bits per heavy atom. The molecule has 0 atom stereocenters. The Morgan fingerprint density at radius 2 is 1.59 bits per heavy atom. The molecule has 0 bridgehead atoms. The van der Waals surface area contributed by atoms with Crippen molar-refractivity contribution in [3.05, 3.63) is 40.9 Å². The maximum Gasteiger partial charge on any atom is 0.334 e. The summed E-state index contributed by atoms with van der Waals surface area (Å²) >= 11 is 1.42. The van der Waals surface area contributed by atoms with Crippen LogP contribution in [0.1, 0.15) is 44.1 Å². The van der Waals surface area contributed by atoms with E-state index in [4.69, 9.17) is 0 Å². The van der Waals surface area contributed by atoms with Gasteiger partial charge in [-0.1, -0.05) is 52.0 Å². The fraction of sp³-hybridized carbons (Fsp3) is 0.400. The van der Waals surface area contributed by atoms with Gasteiger partial charge in [0.05, 0.1) is 6.54 Å². The Hall–Kier alpha value is -2.54. The van der Waals surface area contributed by atoms with E-state index in [2.05, 4.69) is 31.0 Å². The van der Waals surface area contributed by atoms with Crippen molar-refractivity contribution in [2.45, 2.75) is 40.2 Å². The molecule has 0 spiro atoms. The molecule has 2 heterocycles. The van der Waals surface area contributed by atoms with Gasteiger partial charge in [0.15, 0.2) is 0 Å². The second kappa shape index (κ2) is 7.60. The first-order valence-corrected chi connectivity index (χ1v) is 9.82. The maximum atomic E-state index is 12.4. The van der Waals surface area contributed by atoms with E-state index in [1.807, 2.05) is 26.0 Å². The standard InChI is InChI=1S/C20H23N3O3S/c1-12(2)10-22-18(24)19(25)23(20(22)26)11-16-9-21-17(27-16)15-7-5-14(6-8-15)13(3)4/h5-9,12-13H,10-11H2,1-4H3. The molecule has 2 aromatic rings. The summed E-state index contributed by atoms with van der Waals surface area (Å²) in [6.45, 7) is 8.39. The van der Waals surface area contributed by atoms with Crippen molar-refractivity contribution >= 4 is 29.2 Å². The second-order valence-electron chi connectivity index (χ2n) is 7.39. The van der Waals surface area contributed by atoms with Crippen LogP contribution in [0.5, 0.6) is 0 Å². The summed E-state index contributed by atoms with van der Waals surface area (Å²) in [4.78, 5) is 43.9. The van der Waals surface area contributed by atoms with E-state index in [0.717, 1.165) is 25.2 Å². The molecule has 1 fully saturated rings. The number of hydrogen-bond acceptors (Lipinski definition) is 5. The van der Waals surface area contributed by atoms with Gasteiger partial charge in [-0.2, -0.15) is 0 Å². The summed E-state index contributed by atoms with van der Waals surface area (Å²) in [6, 6.07) is 7.67. The molecule has 1 aromatic heterocycles. The highest BCUT2D eigenvalue weighted by Crippen LogP contribution is 2.28. The number of carbonyl (C=O) groups excluding carboxylic acids is 3. The number of urea groups is 1. The van der Waals surface area contributed by atoms with Crippen LogP contribution in [0, 0.1) is 5.92 Å². The molecule has 1 aromatic carbocycles. The number of thiazole rings is 1. The lowest BCUT2D eigenvalue weighted by Crippen LogP contribution is -2.35. The quantitative estimate of drug-likeness (QED) is 0.559. The van der Waals surface area contributed by atoms with Gasteiger partial charge in [-0.05, 0) is 17.4 Å². The summed E-state index contributed by atoms with van der Waals surface area (Å²) in [5, 5.41) is 0.824. The summed E-state index contributed by atoms with van der Waals surface area (Å²) in [6.07, 6.45) is 1.66. The van der Waals surface area contributed by atoms with Gasteiger partial charge in [-0.25, -0.2) is 9.78 Å². The average molecular weight is 385 g/mol. The predicted octanol–water partition coefficient (Wildman–Crippen LogP) is 3.88. The van der Waals surface area contributed by atoms with Crippen LogP contribution in [0.15, 0.2) is 30.5 Å². The molecular weight excluding hydrogens is 362 g/mol. The summed E-state index contributed by atoms with van der Waals surface area (Å²) in [7, 11) is 0. The fourth-order valence-corrected chi connectivity index (χ4v) is 3.80. The highest BCUT2D eigenvalue weighted by Gasteiger charge is 2.44. The molecule has 0 radical (unpaired) electrons. The third-order valence-corrected chi connectivity index (χ3v) is 5.41. The zero-order valence-corrected chi connectivity index (χ0v) is 16.7. The van der Waals surface area contributed by atoms with E-state index in [1.54, 1.807) is 6.20 Å². The van der Waals surface area contributed by atoms with Gasteiger partial charge in [-0.3, -0.25) is 19.4 Å². The van der Waals surface area contributed by atoms with Crippen molar-refractivity contribution in [3.8, 4) is 10.6 Å². The van der Waals surface area contributed by atoms with Crippen LogP contribution in [0.4, 0.5) is 4.79 Å². The molecule has 0 N–H and O–H groups in total. The molecule has 6 nitrogen and oxygen atoms in total. The Balaban J connectivity index is 1.75. The molecule has 0 aliphatic carbocycles. The minimum Gasteiger partial charge on any atom is -0.263 e. The third-order valence-electron chi connectivity index (χ3n) is 4.37. The van der Waals surface area contributed by atoms with E-state index in [9.17, 15) is 14.4 Å². The molecular formula is C20H23N3O3S. The SMILES string of the molecule is CC(C)CN1C(=O)C(=O)N(Cc2cnc(-c3ccc(C(C)C)cc3)s2)C1=O. The van der Waals surface area contributed by atoms with Gasteiger partial charge in [0.2, 0.25) is 0 Å². The zero-order valence-electron chi connectivity index (χ0n) is 15.9. The number of imide groups is 2. The number of amides is 4. The van der Waals surface area contributed by atoms with Crippen LogP contribution in [0.2, 0.25) is 0 Å². The van der Waals surface area contributed by atoms with Crippen LogP contribution in [-0.2, 0) is 16.1 Å². The number of aromatic nitrogens is 1. The van der Waals surface area contributed by atoms with E-state index >= 15 is 0 Å². The lowest BCUT2D eigenvalue weighted by molar-refractivity contribution is -0.143. The molecule has 1 saturated heterocycles. The van der Waals surface area contributed by atoms with Crippen LogP contribution in [-0.4, -0.2) is 39.2 Å².